The number of hydrogen-bond donors (Lipinski definition) is 1. The minimum absolute atomic E-state index is 0.0960. The SMILES string of the molecule is CC(N)C1CCN(C(=O)C(C)n2cncn2)C1. The molecular formula is C11H19N5O. The monoisotopic (exact) mass is 237 g/mol. The molecule has 0 saturated carbocycles. The largest absolute Gasteiger partial charge is 0.341 e. The molecule has 1 aliphatic rings. The molecule has 0 bridgehead atoms. The van der Waals surface area contributed by atoms with Crippen LogP contribution in [0.15, 0.2) is 12.7 Å². The van der Waals surface area contributed by atoms with E-state index in [1.54, 1.807) is 11.0 Å². The lowest BCUT2D eigenvalue weighted by Gasteiger charge is -2.21. The molecule has 1 aliphatic heterocycles. The zero-order valence-corrected chi connectivity index (χ0v) is 10.3. The molecule has 3 atom stereocenters. The number of rotatable bonds is 3. The van der Waals surface area contributed by atoms with Gasteiger partial charge in [0.05, 0.1) is 0 Å². The van der Waals surface area contributed by atoms with Gasteiger partial charge in [0, 0.05) is 19.1 Å². The van der Waals surface area contributed by atoms with Crippen LogP contribution < -0.4 is 5.73 Å². The van der Waals surface area contributed by atoms with Crippen LogP contribution >= 0.6 is 0 Å². The van der Waals surface area contributed by atoms with E-state index in [1.807, 2.05) is 18.7 Å². The number of carbonyl (C=O) groups excluding carboxylic acids is 1. The molecule has 1 amide bonds. The molecule has 17 heavy (non-hydrogen) atoms. The Morgan fingerprint density at radius 1 is 1.53 bits per heavy atom. The Labute approximate surface area is 101 Å². The lowest BCUT2D eigenvalue weighted by Crippen LogP contribution is -2.36. The Hall–Kier alpha value is -1.43. The van der Waals surface area contributed by atoms with Crippen molar-refractivity contribution in [3.8, 4) is 0 Å². The Morgan fingerprint density at radius 3 is 2.82 bits per heavy atom. The average molecular weight is 237 g/mol. The fourth-order valence-electron chi connectivity index (χ4n) is 2.21. The number of likely N-dealkylation sites (tertiary alicyclic amines) is 1. The fourth-order valence-corrected chi connectivity index (χ4v) is 2.21. The molecule has 3 unspecified atom stereocenters. The summed E-state index contributed by atoms with van der Waals surface area (Å²) in [4.78, 5) is 17.9. The van der Waals surface area contributed by atoms with E-state index >= 15 is 0 Å². The number of hydrogen-bond acceptors (Lipinski definition) is 4. The molecule has 0 spiro atoms. The van der Waals surface area contributed by atoms with E-state index in [1.165, 1.54) is 6.33 Å². The van der Waals surface area contributed by atoms with Crippen LogP contribution in [-0.4, -0.2) is 44.7 Å². The summed E-state index contributed by atoms with van der Waals surface area (Å²) in [6.07, 6.45) is 4.01. The van der Waals surface area contributed by atoms with Gasteiger partial charge in [0.2, 0.25) is 5.91 Å². The predicted molar refractivity (Wildman–Crippen MR) is 63.1 cm³/mol. The third kappa shape index (κ3) is 2.46. The maximum Gasteiger partial charge on any atom is 0.247 e. The molecule has 0 radical (unpaired) electrons. The Bertz CT molecular complexity index is 375. The Kier molecular flexibility index (Phi) is 3.42. The first-order chi connectivity index (χ1) is 8.09. The van der Waals surface area contributed by atoms with Gasteiger partial charge in [-0.2, -0.15) is 5.10 Å². The van der Waals surface area contributed by atoms with Crippen molar-refractivity contribution in [1.82, 2.24) is 19.7 Å². The highest BCUT2D eigenvalue weighted by Crippen LogP contribution is 2.21. The van der Waals surface area contributed by atoms with Gasteiger partial charge < -0.3 is 10.6 Å². The van der Waals surface area contributed by atoms with E-state index in [0.29, 0.717) is 5.92 Å². The van der Waals surface area contributed by atoms with Gasteiger partial charge in [-0.15, -0.1) is 0 Å². The first kappa shape index (κ1) is 12.0. The third-order valence-electron chi connectivity index (χ3n) is 3.47. The summed E-state index contributed by atoms with van der Waals surface area (Å²) in [6.45, 7) is 5.40. The van der Waals surface area contributed by atoms with Crippen molar-refractivity contribution in [2.45, 2.75) is 32.4 Å². The van der Waals surface area contributed by atoms with Gasteiger partial charge in [-0.25, -0.2) is 9.67 Å². The molecule has 1 saturated heterocycles. The van der Waals surface area contributed by atoms with Crippen molar-refractivity contribution >= 4 is 5.91 Å². The Morgan fingerprint density at radius 2 is 2.29 bits per heavy atom. The molecule has 1 aromatic heterocycles. The molecule has 94 valence electrons. The van der Waals surface area contributed by atoms with Crippen molar-refractivity contribution in [1.29, 1.82) is 0 Å². The summed E-state index contributed by atoms with van der Waals surface area (Å²) in [5.74, 6) is 0.514. The van der Waals surface area contributed by atoms with Crippen LogP contribution in [0.3, 0.4) is 0 Å². The lowest BCUT2D eigenvalue weighted by molar-refractivity contribution is -0.133. The summed E-state index contributed by atoms with van der Waals surface area (Å²) in [5.41, 5.74) is 5.87. The smallest absolute Gasteiger partial charge is 0.247 e. The standard InChI is InChI=1S/C11H19N5O/c1-8(12)10-3-4-15(5-10)11(17)9(2)16-7-13-6-14-16/h6-10H,3-5,12H2,1-2H3. The van der Waals surface area contributed by atoms with Crippen molar-refractivity contribution < 1.29 is 4.79 Å². The van der Waals surface area contributed by atoms with Crippen LogP contribution in [0, 0.1) is 5.92 Å². The van der Waals surface area contributed by atoms with Gasteiger partial charge >= 0.3 is 0 Å². The van der Waals surface area contributed by atoms with Crippen LogP contribution in [0.25, 0.3) is 0 Å². The summed E-state index contributed by atoms with van der Waals surface area (Å²) in [5, 5.41) is 4.00. The van der Waals surface area contributed by atoms with Gasteiger partial charge in [-0.3, -0.25) is 4.79 Å². The zero-order valence-electron chi connectivity index (χ0n) is 10.3. The molecule has 6 nitrogen and oxygen atoms in total. The normalized spacial score (nSPS) is 23.7. The zero-order chi connectivity index (χ0) is 12.4. The molecule has 1 fully saturated rings. The van der Waals surface area contributed by atoms with E-state index in [0.717, 1.165) is 19.5 Å². The first-order valence-electron chi connectivity index (χ1n) is 5.98. The van der Waals surface area contributed by atoms with Crippen molar-refractivity contribution in [2.75, 3.05) is 13.1 Å². The highest BCUT2D eigenvalue weighted by atomic mass is 16.2. The van der Waals surface area contributed by atoms with E-state index in [4.69, 9.17) is 5.73 Å². The van der Waals surface area contributed by atoms with E-state index < -0.39 is 0 Å². The number of carbonyl (C=O) groups is 1. The van der Waals surface area contributed by atoms with E-state index in [9.17, 15) is 4.79 Å². The maximum absolute atomic E-state index is 12.2. The van der Waals surface area contributed by atoms with Crippen molar-refractivity contribution in [3.63, 3.8) is 0 Å². The molecule has 0 aromatic carbocycles. The number of nitrogens with zero attached hydrogens (tertiary/aromatic N) is 4. The predicted octanol–water partition coefficient (Wildman–Crippen LogP) is 0.0348. The lowest BCUT2D eigenvalue weighted by atomic mass is 10.0. The summed E-state index contributed by atoms with van der Waals surface area (Å²) in [6, 6.07) is -0.140. The maximum atomic E-state index is 12.2. The van der Waals surface area contributed by atoms with E-state index in [2.05, 4.69) is 10.1 Å². The van der Waals surface area contributed by atoms with Crippen LogP contribution in [0.5, 0.6) is 0 Å². The summed E-state index contributed by atoms with van der Waals surface area (Å²) in [7, 11) is 0. The van der Waals surface area contributed by atoms with Gasteiger partial charge in [-0.05, 0) is 26.2 Å². The molecule has 2 heterocycles. The second kappa shape index (κ2) is 4.83. The second-order valence-corrected chi connectivity index (χ2v) is 4.74. The van der Waals surface area contributed by atoms with Gasteiger partial charge in [0.15, 0.2) is 0 Å². The van der Waals surface area contributed by atoms with Gasteiger partial charge in [0.25, 0.3) is 0 Å². The van der Waals surface area contributed by atoms with Crippen LogP contribution in [-0.2, 0) is 4.79 Å². The minimum atomic E-state index is -0.288. The molecule has 2 rings (SSSR count). The summed E-state index contributed by atoms with van der Waals surface area (Å²) >= 11 is 0. The molecule has 2 N–H and O–H groups in total. The highest BCUT2D eigenvalue weighted by Gasteiger charge is 2.31. The quantitative estimate of drug-likeness (QED) is 0.805. The summed E-state index contributed by atoms with van der Waals surface area (Å²) < 4.78 is 1.58. The number of amides is 1. The number of nitrogens with two attached hydrogens (primary N) is 1. The highest BCUT2D eigenvalue weighted by molar-refractivity contribution is 5.80. The van der Waals surface area contributed by atoms with Crippen molar-refractivity contribution in [2.24, 2.45) is 11.7 Å². The second-order valence-electron chi connectivity index (χ2n) is 4.74. The number of aromatic nitrogens is 3. The molecule has 0 aliphatic carbocycles. The fraction of sp³-hybridized carbons (Fsp3) is 0.727. The van der Waals surface area contributed by atoms with Crippen molar-refractivity contribution in [3.05, 3.63) is 12.7 Å². The Balaban J connectivity index is 1.97. The molecular weight excluding hydrogens is 218 g/mol. The molecule has 1 aromatic rings. The topological polar surface area (TPSA) is 77.0 Å². The third-order valence-corrected chi connectivity index (χ3v) is 3.47. The average Bonchev–Trinajstić information content (AvgIpc) is 2.97. The van der Waals surface area contributed by atoms with E-state index in [-0.39, 0.29) is 18.0 Å². The first-order valence-corrected chi connectivity index (χ1v) is 5.98. The van der Waals surface area contributed by atoms with Crippen LogP contribution in [0.2, 0.25) is 0 Å². The van der Waals surface area contributed by atoms with Gasteiger partial charge in [-0.1, -0.05) is 0 Å². The van der Waals surface area contributed by atoms with Gasteiger partial charge in [0.1, 0.15) is 18.7 Å². The van der Waals surface area contributed by atoms with Crippen LogP contribution in [0.1, 0.15) is 26.3 Å². The van der Waals surface area contributed by atoms with Crippen LogP contribution in [0.4, 0.5) is 0 Å². The molecule has 6 heteroatoms. The minimum Gasteiger partial charge on any atom is -0.341 e.